The molecule has 2 heterocycles. The largest absolute Gasteiger partial charge is 0.408 e. The van der Waals surface area contributed by atoms with Crippen LogP contribution >= 0.6 is 11.6 Å². The lowest BCUT2D eigenvalue weighted by molar-refractivity contribution is -0.141. The van der Waals surface area contributed by atoms with Crippen LogP contribution in [-0.4, -0.2) is 25.9 Å². The summed E-state index contributed by atoms with van der Waals surface area (Å²) in [5.74, 6) is 0.307. The lowest BCUT2D eigenvalue weighted by Gasteiger charge is -2.06. The van der Waals surface area contributed by atoms with Crippen LogP contribution in [0.15, 0.2) is 6.20 Å². The third-order valence-corrected chi connectivity index (χ3v) is 2.18. The maximum Gasteiger partial charge on any atom is 0.408 e. The van der Waals surface area contributed by atoms with Gasteiger partial charge in [0.1, 0.15) is 17.5 Å². The molecule has 0 amide bonds. The zero-order valence-electron chi connectivity index (χ0n) is 8.09. The van der Waals surface area contributed by atoms with Crippen molar-refractivity contribution >= 4 is 22.6 Å². The molecule has 4 nitrogen and oxygen atoms in total. The Morgan fingerprint density at radius 3 is 2.69 bits per heavy atom. The van der Waals surface area contributed by atoms with E-state index >= 15 is 0 Å². The quantitative estimate of drug-likeness (QED) is 0.730. The summed E-state index contributed by atoms with van der Waals surface area (Å²) in [6.45, 7) is 0.361. The Balaban J connectivity index is 2.56. The van der Waals surface area contributed by atoms with Gasteiger partial charge in [0, 0.05) is 0 Å². The van der Waals surface area contributed by atoms with Crippen LogP contribution in [0.25, 0.3) is 11.0 Å². The molecule has 0 fully saturated rings. The summed E-state index contributed by atoms with van der Waals surface area (Å²) < 4.78 is 37.4. The summed E-state index contributed by atoms with van der Waals surface area (Å²) in [6, 6.07) is 0. The van der Waals surface area contributed by atoms with Crippen LogP contribution in [0, 0.1) is 6.92 Å². The first kappa shape index (κ1) is 11.1. The first-order chi connectivity index (χ1) is 7.37. The Labute approximate surface area is 93.1 Å². The van der Waals surface area contributed by atoms with Gasteiger partial charge in [0.15, 0.2) is 5.65 Å². The maximum absolute atomic E-state index is 12.2. The Bertz CT molecular complexity index is 534. The highest BCUT2D eigenvalue weighted by atomic mass is 35.5. The standard InChI is InChI=1S/C8H6ClF3N4/c1-4-14-6(9)5-2-13-16(7(5)15-4)3-8(10,11)12/h2H,3H2,1H3. The van der Waals surface area contributed by atoms with Crippen molar-refractivity contribution in [1.29, 1.82) is 0 Å². The summed E-state index contributed by atoms with van der Waals surface area (Å²) in [4.78, 5) is 7.72. The molecular formula is C8H6ClF3N4. The topological polar surface area (TPSA) is 43.6 Å². The third kappa shape index (κ3) is 2.08. The van der Waals surface area contributed by atoms with Gasteiger partial charge in [0.2, 0.25) is 0 Å². The van der Waals surface area contributed by atoms with Gasteiger partial charge < -0.3 is 0 Å². The van der Waals surface area contributed by atoms with Crippen LogP contribution in [0.4, 0.5) is 13.2 Å². The molecule has 0 aliphatic carbocycles. The summed E-state index contributed by atoms with van der Waals surface area (Å²) in [7, 11) is 0. The number of fused-ring (bicyclic) bond motifs is 1. The zero-order chi connectivity index (χ0) is 11.9. The molecule has 0 radical (unpaired) electrons. The van der Waals surface area contributed by atoms with Gasteiger partial charge in [-0.2, -0.15) is 18.3 Å². The van der Waals surface area contributed by atoms with Gasteiger partial charge in [-0.3, -0.25) is 0 Å². The first-order valence-corrected chi connectivity index (χ1v) is 4.67. The lowest BCUT2D eigenvalue weighted by Crippen LogP contribution is -2.18. The molecule has 0 aliphatic heterocycles. The molecular weight excluding hydrogens is 245 g/mol. The maximum atomic E-state index is 12.2. The fraction of sp³-hybridized carbons (Fsp3) is 0.375. The highest BCUT2D eigenvalue weighted by Crippen LogP contribution is 2.23. The van der Waals surface area contributed by atoms with Crippen molar-refractivity contribution in [3.63, 3.8) is 0 Å². The van der Waals surface area contributed by atoms with E-state index in [1.54, 1.807) is 6.92 Å². The average molecular weight is 251 g/mol. The number of alkyl halides is 3. The molecule has 0 saturated carbocycles. The monoisotopic (exact) mass is 250 g/mol. The second kappa shape index (κ2) is 3.58. The van der Waals surface area contributed by atoms with E-state index in [0.717, 1.165) is 4.68 Å². The van der Waals surface area contributed by atoms with Crippen molar-refractivity contribution in [2.45, 2.75) is 19.6 Å². The van der Waals surface area contributed by atoms with E-state index in [9.17, 15) is 13.2 Å². The smallest absolute Gasteiger partial charge is 0.238 e. The summed E-state index contributed by atoms with van der Waals surface area (Å²) in [5.41, 5.74) is 0.0924. The van der Waals surface area contributed by atoms with Crippen molar-refractivity contribution in [2.24, 2.45) is 0 Å². The fourth-order valence-corrected chi connectivity index (χ4v) is 1.56. The Hall–Kier alpha value is -1.37. The number of nitrogens with zero attached hydrogens (tertiary/aromatic N) is 4. The molecule has 2 rings (SSSR count). The number of hydrogen-bond acceptors (Lipinski definition) is 3. The van der Waals surface area contributed by atoms with Gasteiger partial charge in [-0.25, -0.2) is 14.6 Å². The Morgan fingerprint density at radius 1 is 1.38 bits per heavy atom. The SMILES string of the molecule is Cc1nc(Cl)c2cnn(CC(F)(F)F)c2n1. The van der Waals surface area contributed by atoms with Crippen molar-refractivity contribution in [2.75, 3.05) is 0 Å². The van der Waals surface area contributed by atoms with Crippen molar-refractivity contribution in [1.82, 2.24) is 19.7 Å². The average Bonchev–Trinajstić information content (AvgIpc) is 2.46. The minimum Gasteiger partial charge on any atom is -0.238 e. The number of aryl methyl sites for hydroxylation is 1. The van der Waals surface area contributed by atoms with E-state index in [-0.39, 0.29) is 10.8 Å². The molecule has 86 valence electrons. The second-order valence-corrected chi connectivity index (χ2v) is 3.57. The molecule has 0 aromatic carbocycles. The van der Waals surface area contributed by atoms with Crippen LogP contribution in [0.2, 0.25) is 5.15 Å². The predicted molar refractivity (Wildman–Crippen MR) is 51.1 cm³/mol. The van der Waals surface area contributed by atoms with Gasteiger partial charge in [0.25, 0.3) is 0 Å². The van der Waals surface area contributed by atoms with Crippen LogP contribution in [0.1, 0.15) is 5.82 Å². The van der Waals surface area contributed by atoms with E-state index in [1.807, 2.05) is 0 Å². The normalized spacial score (nSPS) is 12.3. The predicted octanol–water partition coefficient (Wildman–Crippen LogP) is 2.35. The summed E-state index contributed by atoms with van der Waals surface area (Å²) in [6.07, 6.45) is -3.12. The zero-order valence-corrected chi connectivity index (χ0v) is 8.84. The fourth-order valence-electron chi connectivity index (χ4n) is 1.31. The Morgan fingerprint density at radius 2 is 2.06 bits per heavy atom. The molecule has 0 aliphatic rings. The molecule has 0 N–H and O–H groups in total. The van der Waals surface area contributed by atoms with Crippen LogP contribution in [-0.2, 0) is 6.54 Å². The molecule has 0 unspecified atom stereocenters. The van der Waals surface area contributed by atoms with E-state index < -0.39 is 12.7 Å². The van der Waals surface area contributed by atoms with Gasteiger partial charge in [-0.15, -0.1) is 0 Å². The van der Waals surface area contributed by atoms with Crippen molar-refractivity contribution in [3.8, 4) is 0 Å². The summed E-state index contributed by atoms with van der Waals surface area (Å²) >= 11 is 5.76. The second-order valence-electron chi connectivity index (χ2n) is 3.22. The van der Waals surface area contributed by atoms with Gasteiger partial charge in [0.05, 0.1) is 11.6 Å². The third-order valence-electron chi connectivity index (χ3n) is 1.89. The number of hydrogen-bond donors (Lipinski definition) is 0. The molecule has 2 aromatic rings. The highest BCUT2D eigenvalue weighted by molar-refractivity contribution is 6.33. The Kier molecular flexibility index (Phi) is 2.49. The van der Waals surface area contributed by atoms with Gasteiger partial charge in [-0.05, 0) is 6.92 Å². The van der Waals surface area contributed by atoms with E-state index in [1.165, 1.54) is 6.20 Å². The molecule has 0 bridgehead atoms. The summed E-state index contributed by atoms with van der Waals surface area (Å²) in [5, 5.41) is 4.02. The van der Waals surface area contributed by atoms with Crippen LogP contribution < -0.4 is 0 Å². The number of rotatable bonds is 1. The molecule has 2 aromatic heterocycles. The van der Waals surface area contributed by atoms with Gasteiger partial charge in [-0.1, -0.05) is 11.6 Å². The molecule has 16 heavy (non-hydrogen) atoms. The van der Waals surface area contributed by atoms with Crippen molar-refractivity contribution in [3.05, 3.63) is 17.2 Å². The molecule has 0 spiro atoms. The number of halogens is 4. The van der Waals surface area contributed by atoms with E-state index in [4.69, 9.17) is 11.6 Å². The van der Waals surface area contributed by atoms with Crippen LogP contribution in [0.5, 0.6) is 0 Å². The molecule has 8 heteroatoms. The minimum atomic E-state index is -4.34. The number of aromatic nitrogens is 4. The van der Waals surface area contributed by atoms with Gasteiger partial charge >= 0.3 is 6.18 Å². The van der Waals surface area contributed by atoms with E-state index in [2.05, 4.69) is 15.1 Å². The minimum absolute atomic E-state index is 0.0924. The molecule has 0 atom stereocenters. The highest BCUT2D eigenvalue weighted by Gasteiger charge is 2.29. The van der Waals surface area contributed by atoms with Crippen molar-refractivity contribution < 1.29 is 13.2 Å². The van der Waals surface area contributed by atoms with E-state index in [0.29, 0.717) is 11.2 Å². The van der Waals surface area contributed by atoms with Crippen LogP contribution in [0.3, 0.4) is 0 Å². The first-order valence-electron chi connectivity index (χ1n) is 4.29. The molecule has 0 saturated heterocycles. The lowest BCUT2D eigenvalue weighted by atomic mass is 10.4.